The minimum atomic E-state index is -0.329. The van der Waals surface area contributed by atoms with Gasteiger partial charge in [0.25, 0.3) is 0 Å². The Morgan fingerprint density at radius 2 is 1.97 bits per heavy atom. The molecule has 4 nitrogen and oxygen atoms in total. The van der Waals surface area contributed by atoms with Gasteiger partial charge in [0, 0.05) is 19.2 Å². The molecule has 3 aromatic rings. The van der Waals surface area contributed by atoms with E-state index >= 15 is 0 Å². The Bertz CT molecular complexity index is 1000. The largest absolute Gasteiger partial charge is 0.489 e. The predicted octanol–water partition coefficient (Wildman–Crippen LogP) is 5.12. The van der Waals surface area contributed by atoms with Crippen molar-refractivity contribution in [1.82, 2.24) is 10.2 Å². The summed E-state index contributed by atoms with van der Waals surface area (Å²) in [6.07, 6.45) is 2.79. The van der Waals surface area contributed by atoms with Gasteiger partial charge in [0.2, 0.25) is 5.91 Å². The molecule has 1 aromatic heterocycles. The maximum atomic E-state index is 13.2. The highest BCUT2D eigenvalue weighted by molar-refractivity contribution is 7.07. The Balaban J connectivity index is 1.45. The number of rotatable bonds is 10. The number of benzene rings is 2. The van der Waals surface area contributed by atoms with E-state index in [9.17, 15) is 9.18 Å². The lowest BCUT2D eigenvalue weighted by Crippen LogP contribution is -2.32. The van der Waals surface area contributed by atoms with Crippen LogP contribution in [0.5, 0.6) is 5.75 Å². The van der Waals surface area contributed by atoms with E-state index in [0.717, 1.165) is 18.8 Å². The van der Waals surface area contributed by atoms with Crippen molar-refractivity contribution < 1.29 is 13.9 Å². The van der Waals surface area contributed by atoms with Crippen LogP contribution in [0.1, 0.15) is 23.6 Å². The summed E-state index contributed by atoms with van der Waals surface area (Å²) in [5.74, 6) is 0.200. The van der Waals surface area contributed by atoms with Crippen molar-refractivity contribution in [2.24, 2.45) is 0 Å². The summed E-state index contributed by atoms with van der Waals surface area (Å²) in [4.78, 5) is 14.3. The van der Waals surface area contributed by atoms with Gasteiger partial charge in [0.05, 0.1) is 6.54 Å². The first kappa shape index (κ1) is 22.7. The van der Waals surface area contributed by atoms with Gasteiger partial charge in [0.15, 0.2) is 0 Å². The van der Waals surface area contributed by atoms with Crippen LogP contribution in [0.2, 0.25) is 0 Å². The molecular formula is C25H27FN2O2S. The Kier molecular flexibility index (Phi) is 8.38. The third-order valence-corrected chi connectivity index (χ3v) is 5.29. The van der Waals surface area contributed by atoms with E-state index in [1.807, 2.05) is 25.1 Å². The summed E-state index contributed by atoms with van der Waals surface area (Å²) in [6.45, 7) is 4.00. The Morgan fingerprint density at radius 1 is 1.16 bits per heavy atom. The predicted molar refractivity (Wildman–Crippen MR) is 124 cm³/mol. The maximum Gasteiger partial charge on any atom is 0.244 e. The van der Waals surface area contributed by atoms with Crippen molar-refractivity contribution in [3.63, 3.8) is 0 Å². The molecule has 0 fully saturated rings. The highest BCUT2D eigenvalue weighted by Crippen LogP contribution is 2.17. The topological polar surface area (TPSA) is 41.6 Å². The van der Waals surface area contributed by atoms with E-state index in [-0.39, 0.29) is 17.8 Å². The molecule has 1 unspecified atom stereocenters. The number of thiophene rings is 1. The van der Waals surface area contributed by atoms with Crippen molar-refractivity contribution >= 4 is 23.3 Å². The fourth-order valence-corrected chi connectivity index (χ4v) is 3.80. The summed E-state index contributed by atoms with van der Waals surface area (Å²) in [5, 5.41) is 7.07. The number of hydrogen-bond acceptors (Lipinski definition) is 4. The van der Waals surface area contributed by atoms with Crippen LogP contribution in [-0.4, -0.2) is 30.5 Å². The second-order valence-electron chi connectivity index (χ2n) is 7.51. The highest BCUT2D eigenvalue weighted by Gasteiger charge is 2.08. The van der Waals surface area contributed by atoms with Gasteiger partial charge in [-0.3, -0.25) is 9.69 Å². The van der Waals surface area contributed by atoms with Gasteiger partial charge >= 0.3 is 0 Å². The normalized spacial score (nSPS) is 12.3. The molecule has 1 amide bonds. The highest BCUT2D eigenvalue weighted by atomic mass is 32.1. The Hall–Kier alpha value is -2.96. The van der Waals surface area contributed by atoms with E-state index in [0.29, 0.717) is 12.1 Å². The summed E-state index contributed by atoms with van der Waals surface area (Å²) < 4.78 is 19.1. The molecule has 162 valence electrons. The average molecular weight is 439 g/mol. The van der Waals surface area contributed by atoms with E-state index in [2.05, 4.69) is 40.2 Å². The van der Waals surface area contributed by atoms with Crippen molar-refractivity contribution in [2.45, 2.75) is 26.1 Å². The van der Waals surface area contributed by atoms with Gasteiger partial charge in [-0.2, -0.15) is 11.3 Å². The van der Waals surface area contributed by atoms with Crippen LogP contribution in [0.4, 0.5) is 4.39 Å². The molecule has 3 rings (SSSR count). The van der Waals surface area contributed by atoms with Crippen LogP contribution in [-0.2, 0) is 17.9 Å². The lowest BCUT2D eigenvalue weighted by Gasteiger charge is -2.18. The number of nitrogens with zero attached hydrogens (tertiary/aromatic N) is 1. The van der Waals surface area contributed by atoms with Crippen molar-refractivity contribution in [2.75, 3.05) is 13.6 Å². The molecule has 0 radical (unpaired) electrons. The van der Waals surface area contributed by atoms with E-state index in [4.69, 9.17) is 4.74 Å². The SMILES string of the molecule is CC(CNC(=O)C=Cc1cccc(F)c1)Oc1cccc(CN(C)Cc2ccsc2)c1. The summed E-state index contributed by atoms with van der Waals surface area (Å²) >= 11 is 1.71. The van der Waals surface area contributed by atoms with E-state index in [1.165, 1.54) is 29.3 Å². The number of carbonyl (C=O) groups is 1. The summed E-state index contributed by atoms with van der Waals surface area (Å²) in [7, 11) is 2.10. The van der Waals surface area contributed by atoms with Gasteiger partial charge in [-0.1, -0.05) is 24.3 Å². The first-order valence-corrected chi connectivity index (χ1v) is 11.1. The Labute approximate surface area is 187 Å². The van der Waals surface area contributed by atoms with Crippen LogP contribution in [0.15, 0.2) is 71.4 Å². The lowest BCUT2D eigenvalue weighted by molar-refractivity contribution is -0.116. The van der Waals surface area contributed by atoms with Gasteiger partial charge in [-0.05, 0) is 77.8 Å². The van der Waals surface area contributed by atoms with Crippen molar-refractivity contribution in [3.05, 3.63) is 93.9 Å². The van der Waals surface area contributed by atoms with Gasteiger partial charge < -0.3 is 10.1 Å². The number of carbonyl (C=O) groups excluding carboxylic acids is 1. The minimum absolute atomic E-state index is 0.190. The van der Waals surface area contributed by atoms with Crippen molar-refractivity contribution in [1.29, 1.82) is 0 Å². The van der Waals surface area contributed by atoms with Crippen LogP contribution >= 0.6 is 11.3 Å². The summed E-state index contributed by atoms with van der Waals surface area (Å²) in [6, 6.07) is 16.3. The molecule has 0 saturated carbocycles. The molecule has 6 heteroatoms. The first-order valence-electron chi connectivity index (χ1n) is 10.1. The molecule has 1 N–H and O–H groups in total. The standard InChI is InChI=1S/C25H27FN2O2S/c1-19(15-27-25(29)10-9-20-5-3-7-23(26)13-20)30-24-8-4-6-21(14-24)16-28(2)17-22-11-12-31-18-22/h3-14,18-19H,15-17H2,1-2H3,(H,27,29). The average Bonchev–Trinajstić information content (AvgIpc) is 3.24. The number of hydrogen-bond donors (Lipinski definition) is 1. The fourth-order valence-electron chi connectivity index (χ4n) is 3.14. The van der Waals surface area contributed by atoms with Crippen molar-refractivity contribution in [3.8, 4) is 5.75 Å². The van der Waals surface area contributed by atoms with Crippen LogP contribution in [0.25, 0.3) is 6.08 Å². The van der Waals surface area contributed by atoms with Crippen LogP contribution in [0, 0.1) is 5.82 Å². The molecule has 0 aliphatic heterocycles. The number of ether oxygens (including phenoxy) is 1. The molecule has 0 aliphatic rings. The molecule has 0 saturated heterocycles. The van der Waals surface area contributed by atoms with Crippen LogP contribution < -0.4 is 10.1 Å². The first-order chi connectivity index (χ1) is 15.0. The van der Waals surface area contributed by atoms with Gasteiger partial charge in [-0.25, -0.2) is 4.39 Å². The molecular weight excluding hydrogens is 411 g/mol. The lowest BCUT2D eigenvalue weighted by atomic mass is 10.2. The number of halogens is 1. The monoisotopic (exact) mass is 438 g/mol. The quantitative estimate of drug-likeness (QED) is 0.447. The molecule has 31 heavy (non-hydrogen) atoms. The third-order valence-electron chi connectivity index (χ3n) is 4.56. The zero-order valence-electron chi connectivity index (χ0n) is 17.8. The van der Waals surface area contributed by atoms with E-state index < -0.39 is 0 Å². The molecule has 1 heterocycles. The minimum Gasteiger partial charge on any atom is -0.489 e. The Morgan fingerprint density at radius 3 is 2.74 bits per heavy atom. The maximum absolute atomic E-state index is 13.2. The smallest absolute Gasteiger partial charge is 0.244 e. The third kappa shape index (κ3) is 8.00. The fraction of sp³-hybridized carbons (Fsp3) is 0.240. The van der Waals surface area contributed by atoms with E-state index in [1.54, 1.807) is 29.5 Å². The molecule has 0 bridgehead atoms. The van der Waals surface area contributed by atoms with Gasteiger partial charge in [-0.15, -0.1) is 0 Å². The zero-order chi connectivity index (χ0) is 22.1. The van der Waals surface area contributed by atoms with Crippen LogP contribution in [0.3, 0.4) is 0 Å². The van der Waals surface area contributed by atoms with Gasteiger partial charge in [0.1, 0.15) is 17.7 Å². The second-order valence-corrected chi connectivity index (χ2v) is 8.29. The molecule has 2 aromatic carbocycles. The summed E-state index contributed by atoms with van der Waals surface area (Å²) in [5.41, 5.74) is 3.13. The molecule has 1 atom stereocenters. The number of nitrogens with one attached hydrogen (secondary N) is 1. The molecule has 0 spiro atoms. The zero-order valence-corrected chi connectivity index (χ0v) is 18.6. The number of amides is 1. The second kappa shape index (κ2) is 11.4. The molecule has 0 aliphatic carbocycles.